The van der Waals surface area contributed by atoms with Gasteiger partial charge in [-0.3, -0.25) is 0 Å². The zero-order valence-electron chi connectivity index (χ0n) is 9.93. The summed E-state index contributed by atoms with van der Waals surface area (Å²) in [6.45, 7) is 1.93. The molecule has 17 heavy (non-hydrogen) atoms. The van der Waals surface area contributed by atoms with E-state index in [2.05, 4.69) is 5.32 Å². The lowest BCUT2D eigenvalue weighted by Crippen LogP contribution is -2.35. The van der Waals surface area contributed by atoms with E-state index < -0.39 is 11.6 Å². The molecule has 0 saturated carbocycles. The van der Waals surface area contributed by atoms with Gasteiger partial charge in [0.15, 0.2) is 0 Å². The third kappa shape index (κ3) is 2.64. The van der Waals surface area contributed by atoms with Crippen molar-refractivity contribution in [2.24, 2.45) is 5.41 Å². The van der Waals surface area contributed by atoms with E-state index in [-0.39, 0.29) is 11.0 Å². The smallest absolute Gasteiger partial charge is 0.129 e. The van der Waals surface area contributed by atoms with Crippen molar-refractivity contribution in [1.82, 2.24) is 5.32 Å². The lowest BCUT2D eigenvalue weighted by atomic mass is 9.80. The number of benzene rings is 1. The summed E-state index contributed by atoms with van der Waals surface area (Å²) >= 11 is 0. The maximum absolute atomic E-state index is 13.6. The Bertz CT molecular complexity index is 369. The average Bonchev–Trinajstić information content (AvgIpc) is 2.73. The monoisotopic (exact) mass is 241 g/mol. The second-order valence-corrected chi connectivity index (χ2v) is 4.71. The van der Waals surface area contributed by atoms with E-state index in [9.17, 15) is 8.78 Å². The molecule has 0 aliphatic carbocycles. The molecule has 94 valence electrons. The third-order valence-electron chi connectivity index (χ3n) is 3.35. The van der Waals surface area contributed by atoms with Crippen LogP contribution in [0, 0.1) is 17.0 Å². The van der Waals surface area contributed by atoms with Crippen molar-refractivity contribution in [1.29, 1.82) is 0 Å². The van der Waals surface area contributed by atoms with E-state index in [0.717, 1.165) is 6.42 Å². The minimum absolute atomic E-state index is 0.174. The summed E-state index contributed by atoms with van der Waals surface area (Å²) < 4.78 is 32.6. The van der Waals surface area contributed by atoms with Crippen molar-refractivity contribution in [3.63, 3.8) is 0 Å². The first-order chi connectivity index (χ1) is 8.17. The van der Waals surface area contributed by atoms with E-state index in [1.165, 1.54) is 18.2 Å². The molecule has 1 heterocycles. The van der Waals surface area contributed by atoms with Crippen molar-refractivity contribution in [3.8, 4) is 0 Å². The molecule has 1 fully saturated rings. The standard InChI is InChI=1S/C13H17F2NO/c1-16-8-13(5-6-17-9-13)7-10-11(14)3-2-4-12(10)15/h2-4,16H,5-9H2,1H3. The van der Waals surface area contributed by atoms with Crippen LogP contribution in [0.2, 0.25) is 0 Å². The summed E-state index contributed by atoms with van der Waals surface area (Å²) in [5.74, 6) is -0.931. The minimum Gasteiger partial charge on any atom is -0.381 e. The Morgan fingerprint density at radius 2 is 2.06 bits per heavy atom. The molecular weight excluding hydrogens is 224 g/mol. The van der Waals surface area contributed by atoms with Gasteiger partial charge in [0, 0.05) is 24.1 Å². The molecular formula is C13H17F2NO. The lowest BCUT2D eigenvalue weighted by Gasteiger charge is -2.27. The highest BCUT2D eigenvalue weighted by Crippen LogP contribution is 2.33. The number of hydrogen-bond donors (Lipinski definition) is 1. The summed E-state index contributed by atoms with van der Waals surface area (Å²) in [4.78, 5) is 0. The summed E-state index contributed by atoms with van der Waals surface area (Å²) in [5.41, 5.74) is -0.00845. The Morgan fingerprint density at radius 3 is 2.59 bits per heavy atom. The van der Waals surface area contributed by atoms with Crippen LogP contribution in [0.15, 0.2) is 18.2 Å². The first kappa shape index (κ1) is 12.5. The number of halogens is 2. The topological polar surface area (TPSA) is 21.3 Å². The van der Waals surface area contributed by atoms with Crippen molar-refractivity contribution >= 4 is 0 Å². The number of rotatable bonds is 4. The summed E-state index contributed by atoms with van der Waals surface area (Å²) in [6, 6.07) is 4.01. The van der Waals surface area contributed by atoms with E-state index in [1.54, 1.807) is 0 Å². The predicted octanol–water partition coefficient (Wildman–Crippen LogP) is 2.13. The fourth-order valence-corrected chi connectivity index (χ4v) is 2.44. The van der Waals surface area contributed by atoms with Crippen LogP contribution in [0.4, 0.5) is 8.78 Å². The molecule has 4 heteroatoms. The molecule has 2 nitrogen and oxygen atoms in total. The summed E-state index contributed by atoms with van der Waals surface area (Å²) in [5, 5.41) is 3.08. The first-order valence-electron chi connectivity index (χ1n) is 5.82. The second kappa shape index (κ2) is 5.10. The van der Waals surface area contributed by atoms with Crippen LogP contribution in [-0.4, -0.2) is 26.8 Å². The molecule has 1 aromatic rings. The molecule has 1 unspecified atom stereocenters. The molecule has 0 radical (unpaired) electrons. The first-order valence-corrected chi connectivity index (χ1v) is 5.82. The zero-order chi connectivity index (χ0) is 12.3. The van der Waals surface area contributed by atoms with Crippen molar-refractivity contribution < 1.29 is 13.5 Å². The van der Waals surface area contributed by atoms with Crippen LogP contribution in [0.3, 0.4) is 0 Å². The van der Waals surface area contributed by atoms with Gasteiger partial charge < -0.3 is 10.1 Å². The third-order valence-corrected chi connectivity index (χ3v) is 3.35. The van der Waals surface area contributed by atoms with Gasteiger partial charge in [-0.1, -0.05) is 6.07 Å². The fourth-order valence-electron chi connectivity index (χ4n) is 2.44. The van der Waals surface area contributed by atoms with Gasteiger partial charge in [0.25, 0.3) is 0 Å². The van der Waals surface area contributed by atoms with Crippen LogP contribution in [0.25, 0.3) is 0 Å². The van der Waals surface area contributed by atoms with E-state index in [0.29, 0.717) is 26.2 Å². The van der Waals surface area contributed by atoms with E-state index >= 15 is 0 Å². The van der Waals surface area contributed by atoms with Crippen molar-refractivity contribution in [2.45, 2.75) is 12.8 Å². The minimum atomic E-state index is -0.465. The highest BCUT2D eigenvalue weighted by molar-refractivity contribution is 5.21. The molecule has 0 aromatic heterocycles. The molecule has 1 saturated heterocycles. The molecule has 1 aliphatic heterocycles. The highest BCUT2D eigenvalue weighted by Gasteiger charge is 2.35. The van der Waals surface area contributed by atoms with E-state index in [4.69, 9.17) is 4.74 Å². The zero-order valence-corrected chi connectivity index (χ0v) is 9.93. The second-order valence-electron chi connectivity index (χ2n) is 4.71. The largest absolute Gasteiger partial charge is 0.381 e. The maximum Gasteiger partial charge on any atom is 0.129 e. The Morgan fingerprint density at radius 1 is 1.35 bits per heavy atom. The van der Waals surface area contributed by atoms with Gasteiger partial charge in [0.05, 0.1) is 6.61 Å². The molecule has 1 atom stereocenters. The van der Waals surface area contributed by atoms with Gasteiger partial charge in [-0.25, -0.2) is 8.78 Å². The fraction of sp³-hybridized carbons (Fsp3) is 0.538. The molecule has 0 amide bonds. The van der Waals surface area contributed by atoms with Crippen molar-refractivity contribution in [3.05, 3.63) is 35.4 Å². The highest BCUT2D eigenvalue weighted by atomic mass is 19.1. The van der Waals surface area contributed by atoms with Gasteiger partial charge in [0.2, 0.25) is 0 Å². The van der Waals surface area contributed by atoms with Crippen LogP contribution in [0.1, 0.15) is 12.0 Å². The van der Waals surface area contributed by atoms with E-state index in [1.807, 2.05) is 7.05 Å². The van der Waals surface area contributed by atoms with Gasteiger partial charge in [-0.15, -0.1) is 0 Å². The Hall–Kier alpha value is -1.00. The van der Waals surface area contributed by atoms with Crippen molar-refractivity contribution in [2.75, 3.05) is 26.8 Å². The van der Waals surface area contributed by atoms with Crippen LogP contribution >= 0.6 is 0 Å². The maximum atomic E-state index is 13.6. The van der Waals surface area contributed by atoms with Gasteiger partial charge in [-0.05, 0) is 32.0 Å². The van der Waals surface area contributed by atoms with Gasteiger partial charge in [0.1, 0.15) is 11.6 Å². The lowest BCUT2D eigenvalue weighted by molar-refractivity contribution is 0.149. The predicted molar refractivity (Wildman–Crippen MR) is 61.9 cm³/mol. The molecule has 1 N–H and O–H groups in total. The van der Waals surface area contributed by atoms with Crippen LogP contribution in [0.5, 0.6) is 0 Å². The molecule has 1 aromatic carbocycles. The SMILES string of the molecule is CNCC1(Cc2c(F)cccc2F)CCOC1. The average molecular weight is 241 g/mol. The summed E-state index contributed by atoms with van der Waals surface area (Å²) in [6.07, 6.45) is 1.22. The van der Waals surface area contributed by atoms with Crippen LogP contribution in [-0.2, 0) is 11.2 Å². The Balaban J connectivity index is 2.23. The molecule has 0 bridgehead atoms. The Labute approximate surface area is 100.0 Å². The number of hydrogen-bond acceptors (Lipinski definition) is 2. The number of nitrogens with one attached hydrogen (secondary N) is 1. The molecule has 0 spiro atoms. The summed E-state index contributed by atoms with van der Waals surface area (Å²) in [7, 11) is 1.85. The molecule has 2 rings (SSSR count). The molecule has 1 aliphatic rings. The number of ether oxygens (including phenoxy) is 1. The normalized spacial score (nSPS) is 24.2. The quantitative estimate of drug-likeness (QED) is 0.872. The van der Waals surface area contributed by atoms with Crippen LogP contribution < -0.4 is 5.32 Å². The van der Waals surface area contributed by atoms with Gasteiger partial charge in [-0.2, -0.15) is 0 Å². The Kier molecular flexibility index (Phi) is 3.74. The van der Waals surface area contributed by atoms with Gasteiger partial charge >= 0.3 is 0 Å².